The van der Waals surface area contributed by atoms with Gasteiger partial charge in [-0.15, -0.1) is 6.58 Å². The van der Waals surface area contributed by atoms with Crippen molar-refractivity contribution in [3.05, 3.63) is 69.9 Å². The Kier molecular flexibility index (Phi) is 4.70. The van der Waals surface area contributed by atoms with Gasteiger partial charge in [-0.25, -0.2) is 4.98 Å². The minimum absolute atomic E-state index is 0.0262. The Morgan fingerprint density at radius 1 is 1.48 bits per heavy atom. The van der Waals surface area contributed by atoms with Crippen LogP contribution in [0.25, 0.3) is 10.3 Å². The van der Waals surface area contributed by atoms with Crippen LogP contribution in [0.5, 0.6) is 11.5 Å². The van der Waals surface area contributed by atoms with Gasteiger partial charge >= 0.3 is 0 Å². The summed E-state index contributed by atoms with van der Waals surface area (Å²) < 4.78 is 11.6. The van der Waals surface area contributed by atoms with Gasteiger partial charge in [0.25, 0.3) is 5.56 Å². The van der Waals surface area contributed by atoms with Gasteiger partial charge in [-0.2, -0.15) is 5.26 Å². The predicted octanol–water partition coefficient (Wildman–Crippen LogP) is 2.81. The lowest BCUT2D eigenvalue weighted by atomic mass is 9.84. The highest BCUT2D eigenvalue weighted by atomic mass is 32.1. The second-order valence-corrected chi connectivity index (χ2v) is 7.26. The second kappa shape index (κ2) is 7.33. The van der Waals surface area contributed by atoms with Gasteiger partial charge in [0.15, 0.2) is 16.5 Å². The molecule has 0 fully saturated rings. The maximum Gasteiger partial charge on any atom is 0.257 e. The van der Waals surface area contributed by atoms with Crippen molar-refractivity contribution in [2.75, 3.05) is 19.0 Å². The van der Waals surface area contributed by atoms with Crippen molar-refractivity contribution in [3.63, 3.8) is 0 Å². The van der Waals surface area contributed by atoms with Crippen molar-refractivity contribution in [2.24, 2.45) is 5.73 Å². The molecule has 9 heteroatoms. The molecule has 8 nitrogen and oxygen atoms in total. The number of rotatable bonds is 5. The van der Waals surface area contributed by atoms with Crippen molar-refractivity contribution in [2.45, 2.75) is 5.92 Å². The predicted molar refractivity (Wildman–Crippen MR) is 111 cm³/mol. The van der Waals surface area contributed by atoms with Gasteiger partial charge in [-0.1, -0.05) is 29.5 Å². The van der Waals surface area contributed by atoms with Crippen molar-refractivity contribution < 1.29 is 9.47 Å². The number of allylic oxidation sites excluding steroid dienone is 1. The first kappa shape index (κ1) is 18.6. The number of anilines is 1. The third kappa shape index (κ3) is 3.09. The fourth-order valence-electron chi connectivity index (χ4n) is 3.26. The van der Waals surface area contributed by atoms with E-state index < -0.39 is 5.92 Å². The lowest BCUT2D eigenvalue weighted by molar-refractivity contribution is 0.397. The van der Waals surface area contributed by atoms with Crippen LogP contribution in [0.1, 0.15) is 17.0 Å². The molecule has 3 aromatic rings. The minimum atomic E-state index is -0.658. The summed E-state index contributed by atoms with van der Waals surface area (Å²) in [6.07, 6.45) is 1.71. The fourth-order valence-corrected chi connectivity index (χ4v) is 4.18. The molecule has 1 aliphatic heterocycles. The molecule has 0 aliphatic carbocycles. The highest BCUT2D eigenvalue weighted by Crippen LogP contribution is 2.45. The zero-order chi connectivity index (χ0) is 20.5. The van der Waals surface area contributed by atoms with E-state index in [1.54, 1.807) is 37.5 Å². The van der Waals surface area contributed by atoms with Crippen LogP contribution in [0.3, 0.4) is 0 Å². The van der Waals surface area contributed by atoms with E-state index in [4.69, 9.17) is 15.2 Å². The van der Waals surface area contributed by atoms with Crippen LogP contribution < -0.4 is 26.1 Å². The zero-order valence-corrected chi connectivity index (χ0v) is 16.3. The van der Waals surface area contributed by atoms with Gasteiger partial charge < -0.3 is 25.5 Å². The van der Waals surface area contributed by atoms with Crippen LogP contribution in [-0.4, -0.2) is 23.6 Å². The number of aromatic nitrogens is 2. The summed E-state index contributed by atoms with van der Waals surface area (Å²) in [6, 6.07) is 9.23. The van der Waals surface area contributed by atoms with E-state index in [1.807, 2.05) is 0 Å². The van der Waals surface area contributed by atoms with E-state index in [2.05, 4.69) is 27.9 Å². The molecule has 1 aliphatic rings. The van der Waals surface area contributed by atoms with Crippen molar-refractivity contribution in [1.29, 1.82) is 5.26 Å². The number of methoxy groups -OCH3 is 1. The lowest BCUT2D eigenvalue weighted by Crippen LogP contribution is -2.27. The number of nitrogens with one attached hydrogen (secondary N) is 2. The standard InChI is InChI=1S/C20H17N5O3S/c1-3-8-23-20-25-18-16(29-20)15-14(19(26)24-18)13(12(9-21)17(22)28-15)10-4-6-11(27-2)7-5-10/h3-7,13H,1,8,22H2,2H3,(H2,23,24,25,26). The summed E-state index contributed by atoms with van der Waals surface area (Å²) in [4.78, 5) is 20.2. The highest BCUT2D eigenvalue weighted by molar-refractivity contribution is 7.22. The number of fused-ring (bicyclic) bond motifs is 3. The number of pyridine rings is 1. The summed E-state index contributed by atoms with van der Waals surface area (Å²) in [5.74, 6) is 0.308. The molecule has 4 N–H and O–H groups in total. The summed E-state index contributed by atoms with van der Waals surface area (Å²) in [6.45, 7) is 4.20. The van der Waals surface area contributed by atoms with E-state index in [-0.39, 0.29) is 17.0 Å². The Morgan fingerprint density at radius 3 is 2.90 bits per heavy atom. The smallest absolute Gasteiger partial charge is 0.257 e. The number of benzene rings is 1. The molecule has 0 spiro atoms. The minimum Gasteiger partial charge on any atom is -0.497 e. The number of aromatic amines is 1. The molecule has 0 bridgehead atoms. The largest absolute Gasteiger partial charge is 0.497 e. The molecule has 0 saturated carbocycles. The first-order valence-electron chi connectivity index (χ1n) is 8.70. The molecule has 1 aromatic carbocycles. The van der Waals surface area contributed by atoms with Crippen molar-refractivity contribution in [3.8, 4) is 17.6 Å². The molecular formula is C20H17N5O3S. The van der Waals surface area contributed by atoms with Gasteiger partial charge in [0.1, 0.15) is 22.1 Å². The molecule has 0 radical (unpaired) electrons. The monoisotopic (exact) mass is 407 g/mol. The summed E-state index contributed by atoms with van der Waals surface area (Å²) in [5, 5.41) is 13.4. The Morgan fingerprint density at radius 2 is 2.24 bits per heavy atom. The number of nitrogens with two attached hydrogens (primary N) is 1. The molecular weight excluding hydrogens is 390 g/mol. The number of ether oxygens (including phenoxy) is 2. The third-order valence-electron chi connectivity index (χ3n) is 4.58. The topological polar surface area (TPSA) is 126 Å². The van der Waals surface area contributed by atoms with Crippen LogP contribution >= 0.6 is 11.3 Å². The number of H-pyrrole nitrogens is 1. The Labute approximate surface area is 169 Å². The SMILES string of the molecule is C=CCNc1nc2[nH]c(=O)c3c(c2s1)OC(N)=C(C#N)C3c1ccc(OC)cc1. The van der Waals surface area contributed by atoms with Crippen LogP contribution in [0.4, 0.5) is 5.13 Å². The zero-order valence-electron chi connectivity index (χ0n) is 15.5. The number of nitriles is 1. The Balaban J connectivity index is 1.94. The summed E-state index contributed by atoms with van der Waals surface area (Å²) >= 11 is 1.33. The fraction of sp³-hybridized carbons (Fsp3) is 0.150. The number of hydrogen-bond donors (Lipinski definition) is 3. The van der Waals surface area contributed by atoms with Crippen molar-refractivity contribution in [1.82, 2.24) is 9.97 Å². The number of thiazole rings is 1. The molecule has 146 valence electrons. The van der Waals surface area contributed by atoms with E-state index in [0.717, 1.165) is 5.56 Å². The normalized spacial score (nSPS) is 15.4. The molecule has 2 aromatic heterocycles. The Hall–Kier alpha value is -3.77. The van der Waals surface area contributed by atoms with Gasteiger partial charge in [0.2, 0.25) is 5.88 Å². The van der Waals surface area contributed by atoms with E-state index in [9.17, 15) is 10.1 Å². The highest BCUT2D eigenvalue weighted by Gasteiger charge is 2.35. The van der Waals surface area contributed by atoms with E-state index in [0.29, 0.717) is 39.1 Å². The molecule has 0 saturated heterocycles. The molecule has 3 heterocycles. The van der Waals surface area contributed by atoms with Gasteiger partial charge in [0, 0.05) is 6.54 Å². The maximum absolute atomic E-state index is 13.0. The third-order valence-corrected chi connectivity index (χ3v) is 5.59. The van der Waals surface area contributed by atoms with Crippen LogP contribution in [0.2, 0.25) is 0 Å². The molecule has 1 unspecified atom stereocenters. The number of nitrogens with zero attached hydrogens (tertiary/aromatic N) is 2. The second-order valence-electron chi connectivity index (χ2n) is 6.26. The first-order valence-corrected chi connectivity index (χ1v) is 9.52. The molecule has 1 atom stereocenters. The van der Waals surface area contributed by atoms with Crippen LogP contribution in [0.15, 0.2) is 53.2 Å². The maximum atomic E-state index is 13.0. The molecule has 29 heavy (non-hydrogen) atoms. The summed E-state index contributed by atoms with van der Waals surface area (Å²) in [7, 11) is 1.57. The average molecular weight is 407 g/mol. The number of hydrogen-bond acceptors (Lipinski definition) is 8. The summed E-state index contributed by atoms with van der Waals surface area (Å²) in [5.41, 5.74) is 7.32. The average Bonchev–Trinajstić information content (AvgIpc) is 3.14. The van der Waals surface area contributed by atoms with Crippen LogP contribution in [-0.2, 0) is 0 Å². The Bertz CT molecular complexity index is 1230. The quantitative estimate of drug-likeness (QED) is 0.555. The molecule has 4 rings (SSSR count). The van der Waals surface area contributed by atoms with Crippen molar-refractivity contribution >= 4 is 26.8 Å². The lowest BCUT2D eigenvalue weighted by Gasteiger charge is -2.25. The van der Waals surface area contributed by atoms with Crippen LogP contribution in [0, 0.1) is 11.3 Å². The van der Waals surface area contributed by atoms with E-state index >= 15 is 0 Å². The van der Waals surface area contributed by atoms with E-state index in [1.165, 1.54) is 11.3 Å². The van der Waals surface area contributed by atoms with Gasteiger partial charge in [-0.05, 0) is 17.7 Å². The van der Waals surface area contributed by atoms with Gasteiger partial charge in [-0.3, -0.25) is 4.79 Å². The first-order chi connectivity index (χ1) is 14.1. The molecule has 0 amide bonds. The van der Waals surface area contributed by atoms with Gasteiger partial charge in [0.05, 0.1) is 18.6 Å².